The summed E-state index contributed by atoms with van der Waals surface area (Å²) in [7, 11) is 0. The molecule has 0 spiro atoms. The third-order valence-electron chi connectivity index (χ3n) is 3.27. The van der Waals surface area contributed by atoms with Crippen LogP contribution in [0.2, 0.25) is 0 Å². The summed E-state index contributed by atoms with van der Waals surface area (Å²) in [5, 5.41) is 3.58. The van der Waals surface area contributed by atoms with Gasteiger partial charge < -0.3 is 9.88 Å². The lowest BCUT2D eigenvalue weighted by Gasteiger charge is -2.13. The highest BCUT2D eigenvalue weighted by atomic mass is 15.1. The lowest BCUT2D eigenvalue weighted by molar-refractivity contribution is 0.519. The Balaban J connectivity index is 1.58. The fourth-order valence-electron chi connectivity index (χ4n) is 2.18. The largest absolute Gasteiger partial charge is 0.330 e. The number of aromatic nitrogens is 2. The molecule has 1 aromatic rings. The highest BCUT2D eigenvalue weighted by Gasteiger charge is 2.25. The monoisotopic (exact) mass is 203 g/mol. The number of hydrogen-bond acceptors (Lipinski definition) is 2. The maximum Gasteiger partial charge on any atom is 0.0951 e. The van der Waals surface area contributed by atoms with Gasteiger partial charge >= 0.3 is 0 Å². The molecule has 1 aromatic heterocycles. The summed E-state index contributed by atoms with van der Waals surface area (Å²) in [5.41, 5.74) is 1.34. The third kappa shape index (κ3) is 1.97. The Morgan fingerprint density at radius 1 is 1.33 bits per heavy atom. The van der Waals surface area contributed by atoms with Gasteiger partial charge in [0.05, 0.1) is 12.0 Å². The molecule has 15 heavy (non-hydrogen) atoms. The van der Waals surface area contributed by atoms with Crippen molar-refractivity contribution in [2.45, 2.75) is 44.3 Å². The van der Waals surface area contributed by atoms with E-state index >= 15 is 0 Å². The van der Waals surface area contributed by atoms with E-state index in [0.29, 0.717) is 6.04 Å². The minimum atomic E-state index is 0.646. The molecule has 0 atom stereocenters. The van der Waals surface area contributed by atoms with Crippen molar-refractivity contribution < 1.29 is 0 Å². The summed E-state index contributed by atoms with van der Waals surface area (Å²) in [6.45, 7) is 0.961. The quantitative estimate of drug-likeness (QED) is 0.759. The molecule has 0 radical (unpaired) electrons. The number of nitrogens with zero attached hydrogens (tertiary/aromatic N) is 2. The first-order chi connectivity index (χ1) is 7.43. The van der Waals surface area contributed by atoms with Gasteiger partial charge in [-0.25, -0.2) is 4.98 Å². The van der Waals surface area contributed by atoms with Crippen LogP contribution < -0.4 is 5.32 Å². The van der Waals surface area contributed by atoms with E-state index < -0.39 is 0 Å². The molecule has 1 saturated carbocycles. The Kier molecular flexibility index (Phi) is 2.33. The van der Waals surface area contributed by atoms with Gasteiger partial charge in [-0.3, -0.25) is 0 Å². The van der Waals surface area contributed by atoms with E-state index in [-0.39, 0.29) is 0 Å². The van der Waals surface area contributed by atoms with Crippen molar-refractivity contribution in [2.75, 3.05) is 0 Å². The highest BCUT2D eigenvalue weighted by Crippen LogP contribution is 2.35. The zero-order chi connectivity index (χ0) is 10.1. The van der Waals surface area contributed by atoms with Crippen LogP contribution in [0.25, 0.3) is 0 Å². The Labute approximate surface area is 90.2 Å². The summed E-state index contributed by atoms with van der Waals surface area (Å²) in [6.07, 6.45) is 13.5. The molecule has 0 aliphatic heterocycles. The molecule has 0 saturated heterocycles. The van der Waals surface area contributed by atoms with Crippen LogP contribution in [0.3, 0.4) is 0 Å². The van der Waals surface area contributed by atoms with Crippen molar-refractivity contribution in [3.8, 4) is 0 Å². The molecule has 0 unspecified atom stereocenters. The predicted molar refractivity (Wildman–Crippen MR) is 59.5 cm³/mol. The zero-order valence-corrected chi connectivity index (χ0v) is 8.89. The van der Waals surface area contributed by atoms with Crippen molar-refractivity contribution in [2.24, 2.45) is 0 Å². The summed E-state index contributed by atoms with van der Waals surface area (Å²) in [5.74, 6) is 0. The SMILES string of the molecule is C1=CCC(NCc2cncn2C2CC2)C1. The maximum absolute atomic E-state index is 4.24. The van der Waals surface area contributed by atoms with Gasteiger partial charge in [-0.2, -0.15) is 0 Å². The molecular weight excluding hydrogens is 186 g/mol. The Morgan fingerprint density at radius 2 is 2.13 bits per heavy atom. The summed E-state index contributed by atoms with van der Waals surface area (Å²) >= 11 is 0. The molecule has 1 heterocycles. The summed E-state index contributed by atoms with van der Waals surface area (Å²) in [4.78, 5) is 4.24. The van der Waals surface area contributed by atoms with Crippen LogP contribution in [0, 0.1) is 0 Å². The van der Waals surface area contributed by atoms with Gasteiger partial charge in [-0.15, -0.1) is 0 Å². The lowest BCUT2D eigenvalue weighted by Crippen LogP contribution is -2.26. The number of hydrogen-bond donors (Lipinski definition) is 1. The molecule has 0 aromatic carbocycles. The van der Waals surface area contributed by atoms with E-state index in [1.54, 1.807) is 0 Å². The van der Waals surface area contributed by atoms with E-state index in [9.17, 15) is 0 Å². The first-order valence-electron chi connectivity index (χ1n) is 5.82. The van der Waals surface area contributed by atoms with Crippen LogP contribution in [0.4, 0.5) is 0 Å². The van der Waals surface area contributed by atoms with E-state index in [4.69, 9.17) is 0 Å². The van der Waals surface area contributed by atoms with Crippen LogP contribution in [0.15, 0.2) is 24.7 Å². The van der Waals surface area contributed by atoms with Gasteiger partial charge in [0.2, 0.25) is 0 Å². The van der Waals surface area contributed by atoms with Gasteiger partial charge in [-0.05, 0) is 25.7 Å². The van der Waals surface area contributed by atoms with Crippen LogP contribution in [-0.2, 0) is 6.54 Å². The summed E-state index contributed by atoms with van der Waals surface area (Å²) in [6, 6.07) is 1.39. The highest BCUT2D eigenvalue weighted by molar-refractivity contribution is 5.05. The normalized spacial score (nSPS) is 21.3. The molecule has 2 aliphatic rings. The fourth-order valence-corrected chi connectivity index (χ4v) is 2.18. The predicted octanol–water partition coefficient (Wildman–Crippen LogP) is 2.03. The molecule has 0 bridgehead atoms. The fraction of sp³-hybridized carbons (Fsp3) is 0.583. The minimum Gasteiger partial charge on any atom is -0.330 e. The second kappa shape index (κ2) is 3.81. The Bertz CT molecular complexity index is 355. The Hall–Kier alpha value is -1.09. The molecule has 2 aliphatic carbocycles. The smallest absolute Gasteiger partial charge is 0.0951 e. The van der Waals surface area contributed by atoms with Gasteiger partial charge in [0.15, 0.2) is 0 Å². The van der Waals surface area contributed by atoms with Gasteiger partial charge in [0, 0.05) is 24.8 Å². The average Bonchev–Trinajstić information content (AvgIpc) is 2.81. The number of rotatable bonds is 4. The Morgan fingerprint density at radius 3 is 2.87 bits per heavy atom. The average molecular weight is 203 g/mol. The van der Waals surface area contributed by atoms with Crippen molar-refractivity contribution >= 4 is 0 Å². The van der Waals surface area contributed by atoms with E-state index in [1.165, 1.54) is 31.4 Å². The molecule has 3 rings (SSSR count). The number of imidazole rings is 1. The third-order valence-corrected chi connectivity index (χ3v) is 3.27. The molecule has 1 N–H and O–H groups in total. The molecule has 80 valence electrons. The van der Waals surface area contributed by atoms with Gasteiger partial charge in [-0.1, -0.05) is 12.2 Å². The molecule has 0 amide bonds. The van der Waals surface area contributed by atoms with Crippen LogP contribution in [-0.4, -0.2) is 15.6 Å². The first kappa shape index (κ1) is 9.16. The maximum atomic E-state index is 4.24. The van der Waals surface area contributed by atoms with Crippen molar-refractivity contribution in [3.05, 3.63) is 30.4 Å². The molecule has 1 fully saturated rings. The zero-order valence-electron chi connectivity index (χ0n) is 8.89. The van der Waals surface area contributed by atoms with Crippen molar-refractivity contribution in [3.63, 3.8) is 0 Å². The molecule has 3 heteroatoms. The second-order valence-electron chi connectivity index (χ2n) is 4.54. The second-order valence-corrected chi connectivity index (χ2v) is 4.54. The van der Waals surface area contributed by atoms with E-state index in [1.807, 2.05) is 12.5 Å². The van der Waals surface area contributed by atoms with Crippen LogP contribution >= 0.6 is 0 Å². The molecular formula is C12H17N3. The van der Waals surface area contributed by atoms with Crippen LogP contribution in [0.1, 0.15) is 37.4 Å². The minimum absolute atomic E-state index is 0.646. The standard InChI is InChI=1S/C12H17N3/c1-2-4-10(3-1)14-8-12-7-13-9-15(12)11-5-6-11/h1-2,7,9-11,14H,3-6,8H2. The van der Waals surface area contributed by atoms with Crippen molar-refractivity contribution in [1.29, 1.82) is 0 Å². The lowest BCUT2D eigenvalue weighted by atomic mass is 10.2. The molecule has 3 nitrogen and oxygen atoms in total. The van der Waals surface area contributed by atoms with Gasteiger partial charge in [0.1, 0.15) is 0 Å². The van der Waals surface area contributed by atoms with Crippen LogP contribution in [0.5, 0.6) is 0 Å². The topological polar surface area (TPSA) is 29.9 Å². The van der Waals surface area contributed by atoms with E-state index in [0.717, 1.165) is 12.6 Å². The summed E-state index contributed by atoms with van der Waals surface area (Å²) < 4.78 is 2.33. The number of nitrogens with one attached hydrogen (secondary N) is 1. The van der Waals surface area contributed by atoms with Gasteiger partial charge in [0.25, 0.3) is 0 Å². The first-order valence-corrected chi connectivity index (χ1v) is 5.82. The van der Waals surface area contributed by atoms with Crippen molar-refractivity contribution in [1.82, 2.24) is 14.9 Å². The van der Waals surface area contributed by atoms with E-state index in [2.05, 4.69) is 27.0 Å².